The molecule has 0 spiro atoms. The standard InChI is InChI=1S/C23H29NO4/c1-4-5-6-7-8-16(2)28-20-13-14-21(22(15-20)24-17(3)25)18-9-11-19(12-10-18)23(26)27/h9-16H,4-8H2,1-3H3,(H,24,25)(H,26,27)/t16-/m1/s1. The first-order valence-electron chi connectivity index (χ1n) is 9.82. The molecule has 0 bridgehead atoms. The molecule has 1 amide bonds. The second-order valence-corrected chi connectivity index (χ2v) is 7.05. The van der Waals surface area contributed by atoms with Crippen molar-refractivity contribution >= 4 is 17.6 Å². The zero-order chi connectivity index (χ0) is 20.5. The van der Waals surface area contributed by atoms with Gasteiger partial charge in [0.25, 0.3) is 0 Å². The lowest BCUT2D eigenvalue weighted by Gasteiger charge is -2.17. The summed E-state index contributed by atoms with van der Waals surface area (Å²) >= 11 is 0. The van der Waals surface area contributed by atoms with E-state index in [1.165, 1.54) is 26.2 Å². The third-order valence-corrected chi connectivity index (χ3v) is 4.55. The summed E-state index contributed by atoms with van der Waals surface area (Å²) < 4.78 is 6.03. The first-order valence-corrected chi connectivity index (χ1v) is 9.82. The Morgan fingerprint density at radius 2 is 1.79 bits per heavy atom. The molecule has 5 heteroatoms. The third-order valence-electron chi connectivity index (χ3n) is 4.55. The van der Waals surface area contributed by atoms with Gasteiger partial charge in [0.2, 0.25) is 5.91 Å². The number of carbonyl (C=O) groups is 2. The van der Waals surface area contributed by atoms with Gasteiger partial charge in [-0.1, -0.05) is 38.3 Å². The summed E-state index contributed by atoms with van der Waals surface area (Å²) in [4.78, 5) is 22.7. The van der Waals surface area contributed by atoms with Crippen LogP contribution in [0.2, 0.25) is 0 Å². The van der Waals surface area contributed by atoms with Crippen LogP contribution >= 0.6 is 0 Å². The van der Waals surface area contributed by atoms with Gasteiger partial charge in [-0.15, -0.1) is 0 Å². The highest BCUT2D eigenvalue weighted by molar-refractivity contribution is 5.95. The van der Waals surface area contributed by atoms with E-state index in [-0.39, 0.29) is 17.6 Å². The molecule has 28 heavy (non-hydrogen) atoms. The van der Waals surface area contributed by atoms with Crippen LogP contribution in [0.4, 0.5) is 5.69 Å². The number of amides is 1. The fraction of sp³-hybridized carbons (Fsp3) is 0.391. The van der Waals surface area contributed by atoms with Gasteiger partial charge < -0.3 is 15.2 Å². The van der Waals surface area contributed by atoms with Gasteiger partial charge in [-0.25, -0.2) is 4.79 Å². The number of unbranched alkanes of at least 4 members (excludes halogenated alkanes) is 3. The molecule has 0 unspecified atom stereocenters. The normalized spacial score (nSPS) is 11.7. The molecule has 2 aromatic carbocycles. The summed E-state index contributed by atoms with van der Waals surface area (Å²) in [6.07, 6.45) is 5.91. The van der Waals surface area contributed by atoms with Crippen LogP contribution in [0.25, 0.3) is 11.1 Å². The van der Waals surface area contributed by atoms with Crippen LogP contribution in [0.1, 0.15) is 63.2 Å². The molecule has 0 aromatic heterocycles. The van der Waals surface area contributed by atoms with Gasteiger partial charge in [0.05, 0.1) is 17.4 Å². The number of aromatic carboxylic acids is 1. The van der Waals surface area contributed by atoms with Crippen molar-refractivity contribution in [2.45, 2.75) is 59.0 Å². The molecule has 2 rings (SSSR count). The molecule has 0 aliphatic carbocycles. The minimum Gasteiger partial charge on any atom is -0.491 e. The highest BCUT2D eigenvalue weighted by Gasteiger charge is 2.12. The number of ether oxygens (including phenoxy) is 1. The molecule has 0 aliphatic rings. The molecule has 0 saturated heterocycles. The summed E-state index contributed by atoms with van der Waals surface area (Å²) in [7, 11) is 0. The molecule has 5 nitrogen and oxygen atoms in total. The van der Waals surface area contributed by atoms with Crippen LogP contribution in [0.5, 0.6) is 5.75 Å². The zero-order valence-electron chi connectivity index (χ0n) is 16.8. The lowest BCUT2D eigenvalue weighted by atomic mass is 10.0. The van der Waals surface area contributed by atoms with Gasteiger partial charge in [-0.2, -0.15) is 0 Å². The van der Waals surface area contributed by atoms with Crippen molar-refractivity contribution < 1.29 is 19.4 Å². The number of nitrogens with one attached hydrogen (secondary N) is 1. The predicted molar refractivity (Wildman–Crippen MR) is 112 cm³/mol. The Labute approximate surface area is 166 Å². The van der Waals surface area contributed by atoms with E-state index in [9.17, 15) is 9.59 Å². The number of rotatable bonds is 10. The van der Waals surface area contributed by atoms with Crippen LogP contribution in [-0.2, 0) is 4.79 Å². The molecular weight excluding hydrogens is 354 g/mol. The van der Waals surface area contributed by atoms with Crippen molar-refractivity contribution in [1.29, 1.82) is 0 Å². The minimum atomic E-state index is -0.967. The van der Waals surface area contributed by atoms with Crippen LogP contribution < -0.4 is 10.1 Å². The molecule has 0 saturated carbocycles. The quantitative estimate of drug-likeness (QED) is 0.512. The summed E-state index contributed by atoms with van der Waals surface area (Å²) in [6, 6.07) is 12.2. The molecule has 2 aromatic rings. The molecule has 1 atom stereocenters. The summed E-state index contributed by atoms with van der Waals surface area (Å²) in [5.74, 6) is -0.434. The molecule has 2 N–H and O–H groups in total. The van der Waals surface area contributed by atoms with Crippen LogP contribution in [0.3, 0.4) is 0 Å². The zero-order valence-corrected chi connectivity index (χ0v) is 16.8. The number of carboxylic acids is 1. The van der Waals surface area contributed by atoms with E-state index < -0.39 is 5.97 Å². The van der Waals surface area contributed by atoms with E-state index in [4.69, 9.17) is 9.84 Å². The number of hydrogen-bond donors (Lipinski definition) is 2. The maximum atomic E-state index is 11.6. The maximum absolute atomic E-state index is 11.6. The topological polar surface area (TPSA) is 75.6 Å². The van der Waals surface area contributed by atoms with Gasteiger partial charge >= 0.3 is 5.97 Å². The van der Waals surface area contributed by atoms with E-state index >= 15 is 0 Å². The van der Waals surface area contributed by atoms with E-state index in [1.807, 2.05) is 18.2 Å². The summed E-state index contributed by atoms with van der Waals surface area (Å²) in [5.41, 5.74) is 2.51. The first kappa shape index (κ1) is 21.5. The predicted octanol–water partition coefficient (Wildman–Crippen LogP) is 5.75. The van der Waals surface area contributed by atoms with E-state index in [0.717, 1.165) is 24.0 Å². The Morgan fingerprint density at radius 1 is 1.07 bits per heavy atom. The third kappa shape index (κ3) is 6.41. The molecule has 150 valence electrons. The Kier molecular flexibility index (Phi) is 8.05. The van der Waals surface area contributed by atoms with E-state index in [2.05, 4.69) is 19.2 Å². The number of hydrogen-bond acceptors (Lipinski definition) is 3. The lowest BCUT2D eigenvalue weighted by molar-refractivity contribution is -0.114. The van der Waals surface area contributed by atoms with Crippen molar-refractivity contribution in [3.63, 3.8) is 0 Å². The number of anilines is 1. The first-order chi connectivity index (χ1) is 13.4. The smallest absolute Gasteiger partial charge is 0.335 e. The van der Waals surface area contributed by atoms with Crippen molar-refractivity contribution in [3.8, 4) is 16.9 Å². The second kappa shape index (κ2) is 10.5. The maximum Gasteiger partial charge on any atom is 0.335 e. The number of benzene rings is 2. The summed E-state index contributed by atoms with van der Waals surface area (Å²) in [6.45, 7) is 5.71. The van der Waals surface area contributed by atoms with Crippen molar-refractivity contribution in [1.82, 2.24) is 0 Å². The molecule has 0 aliphatic heterocycles. The van der Waals surface area contributed by atoms with Crippen molar-refractivity contribution in [2.75, 3.05) is 5.32 Å². The lowest BCUT2D eigenvalue weighted by Crippen LogP contribution is -2.12. The van der Waals surface area contributed by atoms with Crippen LogP contribution in [0, 0.1) is 0 Å². The molecule has 0 fully saturated rings. The SMILES string of the molecule is CCCCCC[C@@H](C)Oc1ccc(-c2ccc(C(=O)O)cc2)c(NC(C)=O)c1. The van der Waals surface area contributed by atoms with Crippen molar-refractivity contribution in [3.05, 3.63) is 48.0 Å². The molecule has 0 heterocycles. The Balaban J connectivity index is 2.18. The van der Waals surface area contributed by atoms with Gasteiger partial charge in [0.1, 0.15) is 5.75 Å². The molecular formula is C23H29NO4. The van der Waals surface area contributed by atoms with Gasteiger partial charge in [0.15, 0.2) is 0 Å². The van der Waals surface area contributed by atoms with E-state index in [1.54, 1.807) is 24.3 Å². The van der Waals surface area contributed by atoms with Crippen LogP contribution in [-0.4, -0.2) is 23.1 Å². The fourth-order valence-corrected chi connectivity index (χ4v) is 3.08. The average molecular weight is 383 g/mol. The number of carboxylic acid groups (broad SMARTS) is 1. The highest BCUT2D eigenvalue weighted by atomic mass is 16.5. The second-order valence-electron chi connectivity index (χ2n) is 7.05. The molecule has 0 radical (unpaired) electrons. The average Bonchev–Trinajstić information content (AvgIpc) is 2.65. The van der Waals surface area contributed by atoms with Crippen LogP contribution in [0.15, 0.2) is 42.5 Å². The largest absolute Gasteiger partial charge is 0.491 e. The Morgan fingerprint density at radius 3 is 2.39 bits per heavy atom. The highest BCUT2D eigenvalue weighted by Crippen LogP contribution is 2.32. The van der Waals surface area contributed by atoms with Gasteiger partial charge in [-0.3, -0.25) is 4.79 Å². The minimum absolute atomic E-state index is 0.0998. The van der Waals surface area contributed by atoms with Gasteiger partial charge in [0, 0.05) is 18.6 Å². The fourth-order valence-electron chi connectivity index (χ4n) is 3.08. The Bertz CT molecular complexity index is 799. The number of carbonyl (C=O) groups excluding carboxylic acids is 1. The van der Waals surface area contributed by atoms with E-state index in [0.29, 0.717) is 11.4 Å². The monoisotopic (exact) mass is 383 g/mol. The summed E-state index contributed by atoms with van der Waals surface area (Å²) in [5, 5.41) is 11.9. The Hall–Kier alpha value is -2.82. The van der Waals surface area contributed by atoms with Crippen molar-refractivity contribution in [2.24, 2.45) is 0 Å². The van der Waals surface area contributed by atoms with Gasteiger partial charge in [-0.05, 0) is 49.6 Å².